The van der Waals surface area contributed by atoms with Crippen LogP contribution in [0.25, 0.3) is 0 Å². The summed E-state index contributed by atoms with van der Waals surface area (Å²) in [4.78, 5) is 2.75. The van der Waals surface area contributed by atoms with Gasteiger partial charge in [0.05, 0.1) is 0 Å². The molecule has 0 aromatic rings. The van der Waals surface area contributed by atoms with Crippen LogP contribution in [0.1, 0.15) is 65.2 Å². The van der Waals surface area contributed by atoms with E-state index in [1.807, 2.05) is 0 Å². The topological polar surface area (TPSA) is 29.3 Å². The van der Waals surface area contributed by atoms with E-state index in [0.29, 0.717) is 0 Å². The van der Waals surface area contributed by atoms with Gasteiger partial charge in [-0.25, -0.2) is 0 Å². The lowest BCUT2D eigenvalue weighted by atomic mass is 10.0. The monoisotopic (exact) mass is 240 g/mol. The third-order valence-electron chi connectivity index (χ3n) is 4.27. The van der Waals surface area contributed by atoms with E-state index in [1.54, 1.807) is 0 Å². The van der Waals surface area contributed by atoms with Crippen LogP contribution in [0.2, 0.25) is 0 Å². The largest absolute Gasteiger partial charge is 0.330 e. The molecule has 2 unspecified atom stereocenters. The fourth-order valence-electron chi connectivity index (χ4n) is 3.07. The highest BCUT2D eigenvalue weighted by atomic mass is 15.1. The number of nitrogens with zero attached hydrogens (tertiary/aromatic N) is 1. The molecule has 0 radical (unpaired) electrons. The van der Waals surface area contributed by atoms with Gasteiger partial charge in [0.25, 0.3) is 0 Å². The van der Waals surface area contributed by atoms with Gasteiger partial charge < -0.3 is 10.6 Å². The number of nitrogens with two attached hydrogens (primary N) is 1. The standard InChI is InChI=1S/C15H32N2/c1-3-15-9-5-4-6-12-17(15)13-7-8-14(2)10-11-16/h14-15H,3-13,16H2,1-2H3. The number of rotatable bonds is 7. The first-order chi connectivity index (χ1) is 8.27. The highest BCUT2D eigenvalue weighted by Gasteiger charge is 2.18. The van der Waals surface area contributed by atoms with Gasteiger partial charge in [-0.2, -0.15) is 0 Å². The molecule has 17 heavy (non-hydrogen) atoms. The fourth-order valence-corrected chi connectivity index (χ4v) is 3.07. The summed E-state index contributed by atoms with van der Waals surface area (Å²) in [5.74, 6) is 0.812. The van der Waals surface area contributed by atoms with Gasteiger partial charge in [-0.3, -0.25) is 0 Å². The quantitative estimate of drug-likeness (QED) is 0.739. The maximum Gasteiger partial charge on any atom is 0.00926 e. The van der Waals surface area contributed by atoms with E-state index >= 15 is 0 Å². The molecule has 102 valence electrons. The zero-order valence-corrected chi connectivity index (χ0v) is 12.0. The summed E-state index contributed by atoms with van der Waals surface area (Å²) >= 11 is 0. The second-order valence-corrected chi connectivity index (χ2v) is 5.77. The molecule has 0 aromatic heterocycles. The molecule has 1 aliphatic heterocycles. The average Bonchev–Trinajstić information content (AvgIpc) is 2.54. The molecule has 0 aromatic carbocycles. The molecule has 0 bridgehead atoms. The second kappa shape index (κ2) is 8.93. The summed E-state index contributed by atoms with van der Waals surface area (Å²) in [5, 5.41) is 0. The Hall–Kier alpha value is -0.0800. The van der Waals surface area contributed by atoms with Gasteiger partial charge in [0, 0.05) is 6.04 Å². The minimum atomic E-state index is 0.812. The Kier molecular flexibility index (Phi) is 7.87. The number of likely N-dealkylation sites (tertiary alicyclic amines) is 1. The van der Waals surface area contributed by atoms with Gasteiger partial charge in [0.15, 0.2) is 0 Å². The van der Waals surface area contributed by atoms with E-state index in [1.165, 1.54) is 64.5 Å². The van der Waals surface area contributed by atoms with Crippen molar-refractivity contribution in [3.05, 3.63) is 0 Å². The van der Waals surface area contributed by atoms with Gasteiger partial charge >= 0.3 is 0 Å². The smallest absolute Gasteiger partial charge is 0.00926 e. The number of hydrogen-bond acceptors (Lipinski definition) is 2. The predicted molar refractivity (Wildman–Crippen MR) is 76.2 cm³/mol. The lowest BCUT2D eigenvalue weighted by Crippen LogP contribution is -2.35. The van der Waals surface area contributed by atoms with Crippen molar-refractivity contribution in [2.24, 2.45) is 11.7 Å². The van der Waals surface area contributed by atoms with E-state index in [0.717, 1.165) is 18.5 Å². The summed E-state index contributed by atoms with van der Waals surface area (Å²) in [7, 11) is 0. The van der Waals surface area contributed by atoms with E-state index in [4.69, 9.17) is 5.73 Å². The second-order valence-electron chi connectivity index (χ2n) is 5.77. The first-order valence-corrected chi connectivity index (χ1v) is 7.72. The van der Waals surface area contributed by atoms with Crippen LogP contribution >= 0.6 is 0 Å². The SMILES string of the molecule is CCC1CCCCCN1CCCC(C)CCN. The minimum absolute atomic E-state index is 0.812. The molecule has 0 saturated carbocycles. The summed E-state index contributed by atoms with van der Waals surface area (Å²) in [6.07, 6.45) is 11.0. The zero-order chi connectivity index (χ0) is 12.5. The molecule has 2 N–H and O–H groups in total. The Balaban J connectivity index is 2.22. The summed E-state index contributed by atoms with van der Waals surface area (Å²) < 4.78 is 0. The Labute approximate surface area is 108 Å². The van der Waals surface area contributed by atoms with E-state index in [-0.39, 0.29) is 0 Å². The summed E-state index contributed by atoms with van der Waals surface area (Å²) in [6.45, 7) is 8.19. The van der Waals surface area contributed by atoms with Crippen molar-refractivity contribution >= 4 is 0 Å². The Bertz CT molecular complexity index is 182. The van der Waals surface area contributed by atoms with Gasteiger partial charge in [-0.15, -0.1) is 0 Å². The molecule has 2 nitrogen and oxygen atoms in total. The van der Waals surface area contributed by atoms with E-state index in [9.17, 15) is 0 Å². The van der Waals surface area contributed by atoms with Crippen LogP contribution in [-0.4, -0.2) is 30.6 Å². The lowest BCUT2D eigenvalue weighted by molar-refractivity contribution is 0.187. The van der Waals surface area contributed by atoms with Crippen LogP contribution < -0.4 is 5.73 Å². The Morgan fingerprint density at radius 1 is 1.24 bits per heavy atom. The first kappa shape index (κ1) is 15.0. The average molecular weight is 240 g/mol. The van der Waals surface area contributed by atoms with Crippen LogP contribution in [0, 0.1) is 5.92 Å². The lowest BCUT2D eigenvalue weighted by Gasteiger charge is -2.29. The molecule has 1 aliphatic rings. The molecule has 0 aliphatic carbocycles. The van der Waals surface area contributed by atoms with Crippen LogP contribution in [0.3, 0.4) is 0 Å². The molecule has 1 rings (SSSR count). The van der Waals surface area contributed by atoms with E-state index in [2.05, 4.69) is 18.7 Å². The van der Waals surface area contributed by atoms with Crippen molar-refractivity contribution in [1.82, 2.24) is 4.90 Å². The molecule has 1 fully saturated rings. The molecule has 2 atom stereocenters. The fraction of sp³-hybridized carbons (Fsp3) is 1.00. The molecule has 1 saturated heterocycles. The molecule has 1 heterocycles. The van der Waals surface area contributed by atoms with Crippen LogP contribution in [0.5, 0.6) is 0 Å². The summed E-state index contributed by atoms with van der Waals surface area (Å²) in [5.41, 5.74) is 5.60. The van der Waals surface area contributed by atoms with Gasteiger partial charge in [-0.1, -0.05) is 26.7 Å². The number of hydrogen-bond donors (Lipinski definition) is 1. The highest BCUT2D eigenvalue weighted by molar-refractivity contribution is 4.74. The van der Waals surface area contributed by atoms with Gasteiger partial charge in [0.1, 0.15) is 0 Å². The van der Waals surface area contributed by atoms with E-state index < -0.39 is 0 Å². The van der Waals surface area contributed by atoms with Crippen molar-refractivity contribution in [1.29, 1.82) is 0 Å². The maximum absolute atomic E-state index is 5.60. The highest BCUT2D eigenvalue weighted by Crippen LogP contribution is 2.20. The van der Waals surface area contributed by atoms with Crippen LogP contribution in [0.15, 0.2) is 0 Å². The summed E-state index contributed by atoms with van der Waals surface area (Å²) in [6, 6.07) is 0.863. The van der Waals surface area contributed by atoms with Crippen molar-refractivity contribution in [2.45, 2.75) is 71.3 Å². The maximum atomic E-state index is 5.60. The molecular weight excluding hydrogens is 208 g/mol. The van der Waals surface area contributed by atoms with Gasteiger partial charge in [-0.05, 0) is 64.1 Å². The third-order valence-corrected chi connectivity index (χ3v) is 4.27. The van der Waals surface area contributed by atoms with Crippen molar-refractivity contribution in [3.8, 4) is 0 Å². The molecule has 2 heteroatoms. The Morgan fingerprint density at radius 3 is 2.76 bits per heavy atom. The zero-order valence-electron chi connectivity index (χ0n) is 12.0. The third kappa shape index (κ3) is 5.87. The van der Waals surface area contributed by atoms with Crippen LogP contribution in [0.4, 0.5) is 0 Å². The molecule has 0 spiro atoms. The first-order valence-electron chi connectivity index (χ1n) is 7.72. The normalized spacial score (nSPS) is 24.5. The predicted octanol–water partition coefficient (Wildman–Crippen LogP) is 3.41. The Morgan fingerprint density at radius 2 is 2.06 bits per heavy atom. The van der Waals surface area contributed by atoms with Crippen molar-refractivity contribution in [3.63, 3.8) is 0 Å². The van der Waals surface area contributed by atoms with Crippen molar-refractivity contribution in [2.75, 3.05) is 19.6 Å². The minimum Gasteiger partial charge on any atom is -0.330 e. The van der Waals surface area contributed by atoms with Crippen LogP contribution in [-0.2, 0) is 0 Å². The molecule has 0 amide bonds. The van der Waals surface area contributed by atoms with Crippen molar-refractivity contribution < 1.29 is 0 Å². The van der Waals surface area contributed by atoms with Gasteiger partial charge in [0.2, 0.25) is 0 Å². The molecular formula is C15H32N2.